The lowest BCUT2D eigenvalue weighted by atomic mass is 9.93. The number of aryl methyl sites for hydroxylation is 1. The summed E-state index contributed by atoms with van der Waals surface area (Å²) in [5.74, 6) is 0. The van der Waals surface area contributed by atoms with E-state index in [1.54, 1.807) is 0 Å². The van der Waals surface area contributed by atoms with Crippen LogP contribution in [0.4, 0.5) is 0 Å². The maximum Gasteiger partial charge on any atom is 0.0556 e. The van der Waals surface area contributed by atoms with Crippen LogP contribution in [0.15, 0.2) is 24.3 Å². The van der Waals surface area contributed by atoms with Crippen molar-refractivity contribution in [2.45, 2.75) is 26.3 Å². The second-order valence-corrected chi connectivity index (χ2v) is 4.14. The molecule has 2 N–H and O–H groups in total. The van der Waals surface area contributed by atoms with Crippen molar-refractivity contribution in [2.24, 2.45) is 0 Å². The molecular weight excluding hydrogens is 174 g/mol. The number of aliphatic hydroxyl groups excluding tert-OH is 1. The Labute approximate surface area is 86.0 Å². The zero-order valence-electron chi connectivity index (χ0n) is 9.17. The first-order chi connectivity index (χ1) is 6.56. The fourth-order valence-electron chi connectivity index (χ4n) is 1.44. The van der Waals surface area contributed by atoms with Gasteiger partial charge in [-0.05, 0) is 26.3 Å². The molecule has 0 radical (unpaired) electrons. The highest BCUT2D eigenvalue weighted by molar-refractivity contribution is 5.26. The van der Waals surface area contributed by atoms with E-state index in [0.717, 1.165) is 0 Å². The minimum Gasteiger partial charge on any atom is -0.395 e. The van der Waals surface area contributed by atoms with Gasteiger partial charge in [-0.25, -0.2) is 0 Å². The number of aliphatic hydroxyl groups is 1. The highest BCUT2D eigenvalue weighted by Gasteiger charge is 2.18. The van der Waals surface area contributed by atoms with E-state index in [9.17, 15) is 0 Å². The Hall–Kier alpha value is -0.860. The second kappa shape index (κ2) is 4.58. The third-order valence-electron chi connectivity index (χ3n) is 2.45. The van der Waals surface area contributed by atoms with Gasteiger partial charge >= 0.3 is 0 Å². The zero-order chi connectivity index (χ0) is 10.6. The molecule has 0 bridgehead atoms. The van der Waals surface area contributed by atoms with Crippen LogP contribution in [0.1, 0.15) is 25.0 Å². The highest BCUT2D eigenvalue weighted by atomic mass is 16.3. The van der Waals surface area contributed by atoms with E-state index in [-0.39, 0.29) is 12.1 Å². The summed E-state index contributed by atoms with van der Waals surface area (Å²) in [5.41, 5.74) is 2.44. The SMILES string of the molecule is Cc1ccc(C(C)(C)NCCO)cc1. The van der Waals surface area contributed by atoms with Gasteiger partial charge in [0, 0.05) is 12.1 Å². The second-order valence-electron chi connectivity index (χ2n) is 4.14. The molecule has 0 heterocycles. The van der Waals surface area contributed by atoms with Gasteiger partial charge in [0.05, 0.1) is 6.61 Å². The Bertz CT molecular complexity index is 277. The highest BCUT2D eigenvalue weighted by Crippen LogP contribution is 2.19. The van der Waals surface area contributed by atoms with Gasteiger partial charge < -0.3 is 10.4 Å². The van der Waals surface area contributed by atoms with E-state index in [2.05, 4.69) is 50.4 Å². The number of benzene rings is 1. The van der Waals surface area contributed by atoms with Crippen LogP contribution in [0.5, 0.6) is 0 Å². The Morgan fingerprint density at radius 3 is 2.29 bits per heavy atom. The summed E-state index contributed by atoms with van der Waals surface area (Å²) in [7, 11) is 0. The summed E-state index contributed by atoms with van der Waals surface area (Å²) in [6.07, 6.45) is 0. The molecule has 78 valence electrons. The van der Waals surface area contributed by atoms with Gasteiger partial charge in [-0.1, -0.05) is 29.8 Å². The summed E-state index contributed by atoms with van der Waals surface area (Å²) >= 11 is 0. The molecule has 0 saturated carbocycles. The van der Waals surface area contributed by atoms with Gasteiger partial charge in [-0.2, -0.15) is 0 Å². The number of nitrogens with one attached hydrogen (secondary N) is 1. The van der Waals surface area contributed by atoms with Crippen molar-refractivity contribution >= 4 is 0 Å². The lowest BCUT2D eigenvalue weighted by Crippen LogP contribution is -2.38. The Kier molecular flexibility index (Phi) is 3.67. The Morgan fingerprint density at radius 1 is 1.21 bits per heavy atom. The van der Waals surface area contributed by atoms with Crippen molar-refractivity contribution in [3.05, 3.63) is 35.4 Å². The van der Waals surface area contributed by atoms with Crippen LogP contribution in [0.2, 0.25) is 0 Å². The smallest absolute Gasteiger partial charge is 0.0556 e. The molecule has 0 saturated heterocycles. The van der Waals surface area contributed by atoms with Crippen molar-refractivity contribution in [2.75, 3.05) is 13.2 Å². The molecule has 0 spiro atoms. The molecule has 2 heteroatoms. The first kappa shape index (κ1) is 11.2. The van der Waals surface area contributed by atoms with Crippen LogP contribution in [0, 0.1) is 6.92 Å². The molecule has 0 aliphatic carbocycles. The summed E-state index contributed by atoms with van der Waals surface area (Å²) in [4.78, 5) is 0. The minimum atomic E-state index is -0.0730. The van der Waals surface area contributed by atoms with Crippen molar-refractivity contribution in [3.8, 4) is 0 Å². The van der Waals surface area contributed by atoms with Crippen LogP contribution in [0.3, 0.4) is 0 Å². The Morgan fingerprint density at radius 2 is 1.79 bits per heavy atom. The Balaban J connectivity index is 2.75. The van der Waals surface area contributed by atoms with Crippen LogP contribution in [-0.2, 0) is 5.54 Å². The summed E-state index contributed by atoms with van der Waals surface area (Å²) in [6.45, 7) is 7.12. The molecule has 0 aliphatic heterocycles. The fraction of sp³-hybridized carbons (Fsp3) is 0.500. The zero-order valence-corrected chi connectivity index (χ0v) is 9.17. The molecule has 1 aromatic carbocycles. The third kappa shape index (κ3) is 2.82. The van der Waals surface area contributed by atoms with Crippen LogP contribution in [-0.4, -0.2) is 18.3 Å². The van der Waals surface area contributed by atoms with Crippen LogP contribution < -0.4 is 5.32 Å². The lowest BCUT2D eigenvalue weighted by Gasteiger charge is -2.26. The van der Waals surface area contributed by atoms with Gasteiger partial charge in [0.2, 0.25) is 0 Å². The van der Waals surface area contributed by atoms with Crippen LogP contribution in [0.25, 0.3) is 0 Å². The quantitative estimate of drug-likeness (QED) is 0.764. The van der Waals surface area contributed by atoms with Crippen molar-refractivity contribution in [1.82, 2.24) is 5.32 Å². The monoisotopic (exact) mass is 193 g/mol. The molecule has 1 rings (SSSR count). The molecule has 0 amide bonds. The maximum atomic E-state index is 8.76. The van der Waals surface area contributed by atoms with E-state index >= 15 is 0 Å². The van der Waals surface area contributed by atoms with Gasteiger partial charge in [0.25, 0.3) is 0 Å². The molecule has 2 nitrogen and oxygen atoms in total. The average Bonchev–Trinajstić information content (AvgIpc) is 2.16. The lowest BCUT2D eigenvalue weighted by molar-refractivity contribution is 0.267. The first-order valence-electron chi connectivity index (χ1n) is 4.99. The maximum absolute atomic E-state index is 8.76. The summed E-state index contributed by atoms with van der Waals surface area (Å²) < 4.78 is 0. The third-order valence-corrected chi connectivity index (χ3v) is 2.45. The topological polar surface area (TPSA) is 32.3 Å². The fourth-order valence-corrected chi connectivity index (χ4v) is 1.44. The van der Waals surface area contributed by atoms with E-state index in [1.165, 1.54) is 11.1 Å². The largest absolute Gasteiger partial charge is 0.395 e. The molecule has 0 unspecified atom stereocenters. The van der Waals surface area contributed by atoms with Gasteiger partial charge in [-0.15, -0.1) is 0 Å². The van der Waals surface area contributed by atoms with Crippen LogP contribution >= 0.6 is 0 Å². The van der Waals surface area contributed by atoms with Crippen molar-refractivity contribution in [1.29, 1.82) is 0 Å². The number of rotatable bonds is 4. The normalized spacial score (nSPS) is 11.7. The molecule has 14 heavy (non-hydrogen) atoms. The van der Waals surface area contributed by atoms with Gasteiger partial charge in [0.1, 0.15) is 0 Å². The molecule has 0 atom stereocenters. The minimum absolute atomic E-state index is 0.0730. The van der Waals surface area contributed by atoms with Crippen molar-refractivity contribution < 1.29 is 5.11 Å². The van der Waals surface area contributed by atoms with Gasteiger partial charge in [-0.3, -0.25) is 0 Å². The summed E-state index contributed by atoms with van der Waals surface area (Å²) in [6, 6.07) is 8.47. The predicted molar refractivity (Wildman–Crippen MR) is 59.3 cm³/mol. The standard InChI is InChI=1S/C12H19NO/c1-10-4-6-11(7-5-10)12(2,3)13-8-9-14/h4-7,13-14H,8-9H2,1-3H3. The first-order valence-corrected chi connectivity index (χ1v) is 4.99. The molecule has 1 aromatic rings. The van der Waals surface area contributed by atoms with E-state index in [1.807, 2.05) is 0 Å². The van der Waals surface area contributed by atoms with E-state index in [0.29, 0.717) is 6.54 Å². The molecule has 0 fully saturated rings. The molecule has 0 aliphatic rings. The molecule has 0 aromatic heterocycles. The number of hydrogen-bond acceptors (Lipinski definition) is 2. The number of hydrogen-bond donors (Lipinski definition) is 2. The average molecular weight is 193 g/mol. The van der Waals surface area contributed by atoms with Gasteiger partial charge in [0.15, 0.2) is 0 Å². The predicted octanol–water partition coefficient (Wildman–Crippen LogP) is 1.81. The molecular formula is C12H19NO. The summed E-state index contributed by atoms with van der Waals surface area (Å²) in [5, 5.41) is 12.1. The van der Waals surface area contributed by atoms with E-state index in [4.69, 9.17) is 5.11 Å². The van der Waals surface area contributed by atoms with Crippen molar-refractivity contribution in [3.63, 3.8) is 0 Å². The van der Waals surface area contributed by atoms with E-state index < -0.39 is 0 Å².